The summed E-state index contributed by atoms with van der Waals surface area (Å²) in [6.45, 7) is 0. The number of hydrogen-bond acceptors (Lipinski definition) is 2. The van der Waals surface area contributed by atoms with Crippen molar-refractivity contribution in [2.24, 2.45) is 0 Å². The largest absolute Gasteiger partial charge is 0.308 e. The van der Waals surface area contributed by atoms with Crippen molar-refractivity contribution < 1.29 is 1.37 Å². The molecular weight excluding hydrogens is 560 g/mol. The summed E-state index contributed by atoms with van der Waals surface area (Å²) in [5.74, 6) is 0.722. The summed E-state index contributed by atoms with van der Waals surface area (Å²) in [5.41, 5.74) is 8.77. The standard InChI is InChI=1S/C42H24N4/c1-2-12-26(13-3-1)39-42(44-40-27-14-5-4-11-25(27)23-24-32(40)43-39)46-34-20-9-16-29-31-18-8-17-30-28-15-6-7-19-33(28)45(41(30)31)35-21-10-22-36(46)38(35)37(29)34/h1-24H/i20D. The van der Waals surface area contributed by atoms with Crippen molar-refractivity contribution in [1.82, 2.24) is 18.9 Å². The number of rotatable bonds is 2. The molecule has 0 fully saturated rings. The van der Waals surface area contributed by atoms with Crippen molar-refractivity contribution in [3.63, 3.8) is 0 Å². The molecule has 212 valence electrons. The Balaban J connectivity index is 1.42. The van der Waals surface area contributed by atoms with Crippen LogP contribution in [0.3, 0.4) is 0 Å². The highest BCUT2D eigenvalue weighted by Crippen LogP contribution is 2.44. The van der Waals surface area contributed by atoms with Crippen molar-refractivity contribution in [1.29, 1.82) is 0 Å². The van der Waals surface area contributed by atoms with Gasteiger partial charge in [0, 0.05) is 37.9 Å². The molecule has 0 aliphatic carbocycles. The van der Waals surface area contributed by atoms with Gasteiger partial charge in [-0.25, -0.2) is 9.97 Å². The molecule has 0 spiro atoms. The highest BCUT2D eigenvalue weighted by atomic mass is 15.1. The van der Waals surface area contributed by atoms with E-state index in [-0.39, 0.29) is 0 Å². The molecule has 4 heterocycles. The lowest BCUT2D eigenvalue weighted by molar-refractivity contribution is 1.08. The van der Waals surface area contributed by atoms with Gasteiger partial charge in [0.15, 0.2) is 5.82 Å². The molecule has 0 unspecified atom stereocenters. The Hall–Kier alpha value is -6.26. The van der Waals surface area contributed by atoms with E-state index < -0.39 is 0 Å². The molecule has 0 atom stereocenters. The van der Waals surface area contributed by atoms with Crippen LogP contribution in [0.2, 0.25) is 0 Å². The fourth-order valence-corrected chi connectivity index (χ4v) is 7.85. The Morgan fingerprint density at radius 1 is 0.478 bits per heavy atom. The highest BCUT2D eigenvalue weighted by Gasteiger charge is 2.24. The number of fused-ring (bicyclic) bond motifs is 8. The second-order valence-electron chi connectivity index (χ2n) is 12.1. The monoisotopic (exact) mass is 585 g/mol. The van der Waals surface area contributed by atoms with Gasteiger partial charge in [0.2, 0.25) is 0 Å². The first-order valence-electron chi connectivity index (χ1n) is 16.1. The number of hydrogen-bond donors (Lipinski definition) is 0. The molecule has 46 heavy (non-hydrogen) atoms. The zero-order valence-electron chi connectivity index (χ0n) is 25.6. The number of benzene rings is 7. The van der Waals surface area contributed by atoms with E-state index in [9.17, 15) is 1.37 Å². The summed E-state index contributed by atoms with van der Waals surface area (Å²) in [7, 11) is 0. The van der Waals surface area contributed by atoms with E-state index in [2.05, 4.69) is 124 Å². The summed E-state index contributed by atoms with van der Waals surface area (Å²) in [6, 6.07) is 49.2. The summed E-state index contributed by atoms with van der Waals surface area (Å²) < 4.78 is 14.1. The minimum atomic E-state index is 0.452. The highest BCUT2D eigenvalue weighted by molar-refractivity contribution is 6.31. The lowest BCUT2D eigenvalue weighted by Crippen LogP contribution is -2.04. The zero-order valence-corrected chi connectivity index (χ0v) is 24.6. The average Bonchev–Trinajstić information content (AvgIpc) is 3.62. The molecular formula is C42H24N4. The lowest BCUT2D eigenvalue weighted by atomic mass is 10.0. The fourth-order valence-electron chi connectivity index (χ4n) is 7.85. The molecule has 0 saturated carbocycles. The first-order chi connectivity index (χ1) is 23.3. The van der Waals surface area contributed by atoms with Gasteiger partial charge < -0.3 is 4.40 Å². The Kier molecular flexibility index (Phi) is 4.37. The minimum absolute atomic E-state index is 0.452. The van der Waals surface area contributed by atoms with Crippen LogP contribution in [0.5, 0.6) is 0 Å². The molecule has 0 bridgehead atoms. The smallest absolute Gasteiger partial charge is 0.165 e. The van der Waals surface area contributed by atoms with Crippen molar-refractivity contribution in [2.75, 3.05) is 0 Å². The van der Waals surface area contributed by atoms with Crippen LogP contribution >= 0.6 is 0 Å². The Labute approximate surface area is 264 Å². The molecule has 4 nitrogen and oxygen atoms in total. The summed E-state index contributed by atoms with van der Waals surface area (Å²) in [6.07, 6.45) is 0. The van der Waals surface area contributed by atoms with E-state index in [0.29, 0.717) is 6.04 Å². The topological polar surface area (TPSA) is 35.1 Å². The van der Waals surface area contributed by atoms with Gasteiger partial charge in [0.1, 0.15) is 5.69 Å². The van der Waals surface area contributed by atoms with Gasteiger partial charge in [-0.2, -0.15) is 0 Å². The molecule has 4 aromatic heterocycles. The first-order valence-corrected chi connectivity index (χ1v) is 15.6. The normalized spacial score (nSPS) is 12.7. The molecule has 11 aromatic rings. The van der Waals surface area contributed by atoms with Crippen LogP contribution in [0.25, 0.3) is 98.8 Å². The van der Waals surface area contributed by atoms with E-state index in [1.807, 2.05) is 24.3 Å². The minimum Gasteiger partial charge on any atom is -0.308 e. The molecule has 0 N–H and O–H groups in total. The van der Waals surface area contributed by atoms with Gasteiger partial charge in [0.05, 0.1) is 40.0 Å². The molecule has 0 aliphatic rings. The van der Waals surface area contributed by atoms with E-state index in [0.717, 1.165) is 77.0 Å². The summed E-state index contributed by atoms with van der Waals surface area (Å²) in [5, 5.41) is 9.12. The number of para-hydroxylation sites is 2. The molecule has 0 aliphatic heterocycles. The van der Waals surface area contributed by atoms with Crippen LogP contribution in [0.15, 0.2) is 146 Å². The number of aromatic nitrogens is 4. The van der Waals surface area contributed by atoms with Crippen LogP contribution in [0.1, 0.15) is 1.37 Å². The molecule has 7 aromatic carbocycles. The maximum atomic E-state index is 9.44. The van der Waals surface area contributed by atoms with Crippen molar-refractivity contribution >= 4 is 81.7 Å². The molecule has 0 saturated heterocycles. The maximum Gasteiger partial charge on any atom is 0.165 e. The van der Waals surface area contributed by atoms with Crippen LogP contribution in [-0.4, -0.2) is 18.9 Å². The Morgan fingerprint density at radius 3 is 2.09 bits per heavy atom. The average molecular weight is 586 g/mol. The quantitative estimate of drug-likeness (QED) is 0.189. The number of nitrogens with zero attached hydrogens (tertiary/aromatic N) is 4. The third-order valence-corrected chi connectivity index (χ3v) is 9.74. The predicted molar refractivity (Wildman–Crippen MR) is 191 cm³/mol. The van der Waals surface area contributed by atoms with Crippen molar-refractivity contribution in [3.8, 4) is 17.1 Å². The van der Waals surface area contributed by atoms with Gasteiger partial charge in [0.25, 0.3) is 0 Å². The van der Waals surface area contributed by atoms with Gasteiger partial charge in [-0.05, 0) is 41.1 Å². The second kappa shape index (κ2) is 8.68. The van der Waals surface area contributed by atoms with Crippen molar-refractivity contribution in [3.05, 3.63) is 146 Å². The van der Waals surface area contributed by atoms with Gasteiger partial charge >= 0.3 is 0 Å². The van der Waals surface area contributed by atoms with E-state index >= 15 is 0 Å². The second-order valence-corrected chi connectivity index (χ2v) is 12.1. The third-order valence-electron chi connectivity index (χ3n) is 9.74. The third kappa shape index (κ3) is 2.98. The SMILES string of the molecule is [2H]c1ccc2c3cccc4c5ccccc5n(c5cccc6c5c2c1n6-c1nc2c(ccc5ccccc52)nc1-c1ccccc1)c34. The van der Waals surface area contributed by atoms with Crippen LogP contribution in [-0.2, 0) is 0 Å². The first kappa shape index (κ1) is 23.2. The lowest BCUT2D eigenvalue weighted by Gasteiger charge is -2.15. The maximum absolute atomic E-state index is 9.44. The van der Waals surface area contributed by atoms with Crippen LogP contribution in [0.4, 0.5) is 0 Å². The summed E-state index contributed by atoms with van der Waals surface area (Å²) in [4.78, 5) is 10.8. The summed E-state index contributed by atoms with van der Waals surface area (Å²) >= 11 is 0. The molecule has 0 radical (unpaired) electrons. The van der Waals surface area contributed by atoms with Gasteiger partial charge in [-0.1, -0.05) is 115 Å². The van der Waals surface area contributed by atoms with Gasteiger partial charge in [-0.3, -0.25) is 4.57 Å². The van der Waals surface area contributed by atoms with Crippen LogP contribution < -0.4 is 0 Å². The zero-order chi connectivity index (χ0) is 30.8. The predicted octanol–water partition coefficient (Wildman–Crippen LogP) is 10.7. The van der Waals surface area contributed by atoms with E-state index in [1.54, 1.807) is 0 Å². The molecule has 4 heteroatoms. The van der Waals surface area contributed by atoms with Crippen molar-refractivity contribution in [2.45, 2.75) is 0 Å². The Morgan fingerprint density at radius 2 is 1.17 bits per heavy atom. The van der Waals surface area contributed by atoms with E-state index in [1.165, 1.54) is 21.8 Å². The molecule has 0 amide bonds. The Bertz CT molecular complexity index is 3080. The van der Waals surface area contributed by atoms with E-state index in [4.69, 9.17) is 9.97 Å². The van der Waals surface area contributed by atoms with Crippen LogP contribution in [0, 0.1) is 0 Å². The molecule has 11 rings (SSSR count). The van der Waals surface area contributed by atoms with Gasteiger partial charge in [-0.15, -0.1) is 0 Å². The fraction of sp³-hybridized carbons (Fsp3) is 0.